The molecule has 0 aromatic heterocycles. The molecule has 102 valence electrons. The van der Waals surface area contributed by atoms with Gasteiger partial charge in [-0.2, -0.15) is 4.99 Å². The van der Waals surface area contributed by atoms with E-state index in [4.69, 9.17) is 0 Å². The maximum atomic E-state index is 10.6. The Hall–Kier alpha value is -1.24. The van der Waals surface area contributed by atoms with Crippen molar-refractivity contribution in [2.24, 2.45) is 15.9 Å². The fraction of sp³-hybridized carbons (Fsp3) is 0.857. The van der Waals surface area contributed by atoms with E-state index in [2.05, 4.69) is 30.8 Å². The third-order valence-electron chi connectivity index (χ3n) is 3.88. The van der Waals surface area contributed by atoms with Crippen LogP contribution >= 0.6 is 0 Å². The van der Waals surface area contributed by atoms with Gasteiger partial charge in [0, 0.05) is 0 Å². The smallest absolute Gasteiger partial charge is 0.211 e. The van der Waals surface area contributed by atoms with Gasteiger partial charge in [-0.1, -0.05) is 33.6 Å². The molecule has 0 heterocycles. The number of carbonyl (C=O) groups excluding carboxylic acids is 2. The lowest BCUT2D eigenvalue weighted by atomic mass is 9.76. The minimum atomic E-state index is -0.259. The Labute approximate surface area is 110 Å². The van der Waals surface area contributed by atoms with Gasteiger partial charge in [-0.3, -0.25) is 0 Å². The van der Waals surface area contributed by atoms with E-state index in [9.17, 15) is 9.59 Å². The van der Waals surface area contributed by atoms with Gasteiger partial charge in [0.25, 0.3) is 0 Å². The van der Waals surface area contributed by atoms with Crippen LogP contribution in [0.15, 0.2) is 9.98 Å². The third kappa shape index (κ3) is 4.95. The highest BCUT2D eigenvalue weighted by molar-refractivity contribution is 5.35. The van der Waals surface area contributed by atoms with Crippen molar-refractivity contribution < 1.29 is 9.59 Å². The predicted molar refractivity (Wildman–Crippen MR) is 72.1 cm³/mol. The highest BCUT2D eigenvalue weighted by Gasteiger charge is 2.33. The Morgan fingerprint density at radius 3 is 2.17 bits per heavy atom. The van der Waals surface area contributed by atoms with Crippen LogP contribution in [0.4, 0.5) is 0 Å². The Bertz CT molecular complexity index is 312. The summed E-state index contributed by atoms with van der Waals surface area (Å²) >= 11 is 0. The van der Waals surface area contributed by atoms with Crippen LogP contribution in [-0.4, -0.2) is 24.2 Å². The summed E-state index contributed by atoms with van der Waals surface area (Å²) in [5.41, 5.74) is -0.259. The molecule has 0 radical (unpaired) electrons. The van der Waals surface area contributed by atoms with E-state index < -0.39 is 0 Å². The number of unbranched alkanes of at least 4 members (excludes halogenated alkanes) is 1. The summed E-state index contributed by atoms with van der Waals surface area (Å²) in [6.45, 7) is 6.82. The SMILES string of the molecule is CCC(CCCCN=C=O)C(CC)(CC)N=C=O. The lowest BCUT2D eigenvalue weighted by Gasteiger charge is -2.34. The molecule has 0 N–H and O–H groups in total. The van der Waals surface area contributed by atoms with Gasteiger partial charge >= 0.3 is 0 Å². The topological polar surface area (TPSA) is 58.9 Å². The zero-order valence-electron chi connectivity index (χ0n) is 11.7. The van der Waals surface area contributed by atoms with Crippen LogP contribution in [0.3, 0.4) is 0 Å². The van der Waals surface area contributed by atoms with Crippen LogP contribution in [0.25, 0.3) is 0 Å². The van der Waals surface area contributed by atoms with Gasteiger partial charge in [-0.25, -0.2) is 14.6 Å². The Morgan fingerprint density at radius 1 is 1.06 bits per heavy atom. The molecule has 0 bridgehead atoms. The van der Waals surface area contributed by atoms with E-state index in [0.717, 1.165) is 38.5 Å². The van der Waals surface area contributed by atoms with Gasteiger partial charge in [0.2, 0.25) is 12.2 Å². The quantitative estimate of drug-likeness (QED) is 0.340. The maximum Gasteiger partial charge on any atom is 0.235 e. The molecule has 0 saturated carbocycles. The molecule has 0 spiro atoms. The van der Waals surface area contributed by atoms with Crippen LogP contribution in [0, 0.1) is 5.92 Å². The number of hydrogen-bond donors (Lipinski definition) is 0. The number of isocyanates is 2. The molecule has 1 atom stereocenters. The first-order chi connectivity index (χ1) is 8.70. The molecule has 0 saturated heterocycles. The normalized spacial score (nSPS) is 12.4. The van der Waals surface area contributed by atoms with Crippen molar-refractivity contribution in [3.8, 4) is 0 Å². The minimum Gasteiger partial charge on any atom is -0.211 e. The van der Waals surface area contributed by atoms with Gasteiger partial charge in [0.05, 0.1) is 12.1 Å². The molecule has 4 heteroatoms. The minimum absolute atomic E-state index is 0.259. The summed E-state index contributed by atoms with van der Waals surface area (Å²) in [6.07, 6.45) is 8.92. The average molecular weight is 252 g/mol. The third-order valence-corrected chi connectivity index (χ3v) is 3.88. The van der Waals surface area contributed by atoms with Gasteiger partial charge in [-0.15, -0.1) is 0 Å². The van der Waals surface area contributed by atoms with Gasteiger partial charge in [-0.05, 0) is 31.6 Å². The zero-order chi connectivity index (χ0) is 13.9. The molecule has 0 aliphatic heterocycles. The highest BCUT2D eigenvalue weighted by Crippen LogP contribution is 2.35. The average Bonchev–Trinajstić information content (AvgIpc) is 2.41. The second-order valence-electron chi connectivity index (χ2n) is 4.59. The summed E-state index contributed by atoms with van der Waals surface area (Å²) in [7, 11) is 0. The van der Waals surface area contributed by atoms with Crippen molar-refractivity contribution in [1.29, 1.82) is 0 Å². The second-order valence-corrected chi connectivity index (χ2v) is 4.59. The molecule has 0 aliphatic rings. The molecule has 0 rings (SSSR count). The molecule has 0 fully saturated rings. The summed E-state index contributed by atoms with van der Waals surface area (Å²) in [5.74, 6) is 0.397. The molecule has 0 aromatic carbocycles. The van der Waals surface area contributed by atoms with E-state index in [1.54, 1.807) is 12.2 Å². The van der Waals surface area contributed by atoms with E-state index in [0.29, 0.717) is 12.5 Å². The second kappa shape index (κ2) is 9.76. The van der Waals surface area contributed by atoms with Crippen LogP contribution in [0.1, 0.15) is 59.3 Å². The highest BCUT2D eigenvalue weighted by atomic mass is 16.1. The predicted octanol–water partition coefficient (Wildman–Crippen LogP) is 3.41. The van der Waals surface area contributed by atoms with Gasteiger partial charge in [0.1, 0.15) is 0 Å². The fourth-order valence-corrected chi connectivity index (χ4v) is 2.65. The standard InChI is InChI=1S/C14H24N2O2/c1-4-13(9-7-8-10-15-11-17)14(5-2,6-3)16-12-18/h13H,4-10H2,1-3H3. The number of rotatable bonds is 10. The van der Waals surface area contributed by atoms with Gasteiger partial charge in [0.15, 0.2) is 0 Å². The molecule has 18 heavy (non-hydrogen) atoms. The maximum absolute atomic E-state index is 10.6. The largest absolute Gasteiger partial charge is 0.235 e. The molecule has 0 aromatic rings. The van der Waals surface area contributed by atoms with Crippen LogP contribution in [0.2, 0.25) is 0 Å². The van der Waals surface area contributed by atoms with Crippen molar-refractivity contribution in [1.82, 2.24) is 0 Å². The van der Waals surface area contributed by atoms with Crippen molar-refractivity contribution in [2.45, 2.75) is 64.8 Å². The number of hydrogen-bond acceptors (Lipinski definition) is 4. The van der Waals surface area contributed by atoms with Crippen LogP contribution < -0.4 is 0 Å². The number of nitrogens with zero attached hydrogens (tertiary/aromatic N) is 2. The summed E-state index contributed by atoms with van der Waals surface area (Å²) in [4.78, 5) is 28.2. The Morgan fingerprint density at radius 2 is 1.72 bits per heavy atom. The molecular formula is C14H24N2O2. The van der Waals surface area contributed by atoms with Crippen LogP contribution in [0.5, 0.6) is 0 Å². The monoisotopic (exact) mass is 252 g/mol. The Balaban J connectivity index is 4.51. The van der Waals surface area contributed by atoms with E-state index in [-0.39, 0.29) is 5.54 Å². The summed E-state index contributed by atoms with van der Waals surface area (Å²) in [6, 6.07) is 0. The summed E-state index contributed by atoms with van der Waals surface area (Å²) in [5, 5.41) is 0. The molecule has 0 aliphatic carbocycles. The van der Waals surface area contributed by atoms with Gasteiger partial charge < -0.3 is 0 Å². The van der Waals surface area contributed by atoms with E-state index >= 15 is 0 Å². The molecule has 4 nitrogen and oxygen atoms in total. The van der Waals surface area contributed by atoms with Crippen LogP contribution in [-0.2, 0) is 9.59 Å². The number of aliphatic imine (C=N–C) groups is 2. The van der Waals surface area contributed by atoms with Crippen molar-refractivity contribution in [3.63, 3.8) is 0 Å². The first-order valence-corrected chi connectivity index (χ1v) is 6.83. The van der Waals surface area contributed by atoms with Crippen molar-refractivity contribution >= 4 is 12.2 Å². The van der Waals surface area contributed by atoms with Crippen molar-refractivity contribution in [2.75, 3.05) is 6.54 Å². The lowest BCUT2D eigenvalue weighted by Crippen LogP contribution is -2.34. The van der Waals surface area contributed by atoms with E-state index in [1.807, 2.05) is 0 Å². The first kappa shape index (κ1) is 16.8. The molecular weight excluding hydrogens is 228 g/mol. The molecule has 0 amide bonds. The lowest BCUT2D eigenvalue weighted by molar-refractivity contribution is 0.228. The Kier molecular flexibility index (Phi) is 9.08. The summed E-state index contributed by atoms with van der Waals surface area (Å²) < 4.78 is 0. The van der Waals surface area contributed by atoms with E-state index in [1.165, 1.54) is 0 Å². The molecule has 1 unspecified atom stereocenters. The zero-order valence-corrected chi connectivity index (χ0v) is 11.7. The van der Waals surface area contributed by atoms with Crippen molar-refractivity contribution in [3.05, 3.63) is 0 Å². The first-order valence-electron chi connectivity index (χ1n) is 6.83. The fourth-order valence-electron chi connectivity index (χ4n) is 2.65.